The maximum Gasteiger partial charge on any atom is 0.306 e. The predicted octanol–water partition coefficient (Wildman–Crippen LogP) is 13.4. The molecule has 1 unspecified atom stereocenters. The van der Waals surface area contributed by atoms with Gasteiger partial charge >= 0.3 is 17.9 Å². The summed E-state index contributed by atoms with van der Waals surface area (Å²) in [6.45, 7) is 11.2. The Balaban J connectivity index is 4.16. The second-order valence-corrected chi connectivity index (χ2v) is 15.7. The Labute approximate surface area is 310 Å². The molecule has 0 heterocycles. The highest BCUT2D eigenvalue weighted by Gasteiger charge is 2.19. The van der Waals surface area contributed by atoms with Gasteiger partial charge in [-0.05, 0) is 31.1 Å². The van der Waals surface area contributed by atoms with Crippen LogP contribution in [-0.4, -0.2) is 37.2 Å². The van der Waals surface area contributed by atoms with Gasteiger partial charge in [-0.1, -0.05) is 195 Å². The van der Waals surface area contributed by atoms with Crippen molar-refractivity contribution in [2.75, 3.05) is 13.2 Å². The van der Waals surface area contributed by atoms with Crippen LogP contribution in [0.4, 0.5) is 0 Å². The van der Waals surface area contributed by atoms with E-state index in [0.717, 1.165) is 76.0 Å². The molecule has 0 radical (unpaired) electrons. The number of rotatable bonds is 38. The van der Waals surface area contributed by atoms with Crippen LogP contribution in [0.1, 0.15) is 234 Å². The molecule has 0 aliphatic carbocycles. The molecule has 0 aliphatic rings. The quantitative estimate of drug-likeness (QED) is 0.0361. The Morgan fingerprint density at radius 1 is 0.420 bits per heavy atom. The standard InChI is InChI=1S/C44H84O6/c1-6-8-9-22-29-34-42(45)48-37-41(50-44(47)36-31-26-21-20-24-28-33-40(5)7-2)38-49-43(46)35-30-25-19-17-15-13-11-10-12-14-16-18-23-27-32-39(3)4/h39-41H,6-38H2,1-5H3/t40?,41-/m0/s1. The third-order valence-electron chi connectivity index (χ3n) is 10.1. The van der Waals surface area contributed by atoms with E-state index in [1.165, 1.54) is 116 Å². The van der Waals surface area contributed by atoms with Crippen molar-refractivity contribution in [3.8, 4) is 0 Å². The van der Waals surface area contributed by atoms with Gasteiger partial charge in [-0.2, -0.15) is 0 Å². The summed E-state index contributed by atoms with van der Waals surface area (Å²) in [6.07, 6.45) is 34.1. The molecule has 0 saturated carbocycles. The zero-order chi connectivity index (χ0) is 36.9. The van der Waals surface area contributed by atoms with Crippen molar-refractivity contribution in [1.29, 1.82) is 0 Å². The van der Waals surface area contributed by atoms with Crippen LogP contribution in [0, 0.1) is 11.8 Å². The molecule has 0 N–H and O–H groups in total. The second-order valence-electron chi connectivity index (χ2n) is 15.7. The van der Waals surface area contributed by atoms with Gasteiger partial charge in [0, 0.05) is 19.3 Å². The van der Waals surface area contributed by atoms with Crippen LogP contribution in [0.25, 0.3) is 0 Å². The number of hydrogen-bond acceptors (Lipinski definition) is 6. The molecular formula is C44H84O6. The predicted molar refractivity (Wildman–Crippen MR) is 210 cm³/mol. The number of carbonyl (C=O) groups is 3. The Bertz CT molecular complexity index is 766. The maximum atomic E-state index is 12.6. The summed E-state index contributed by atoms with van der Waals surface area (Å²) in [5, 5.41) is 0. The van der Waals surface area contributed by atoms with Crippen molar-refractivity contribution in [1.82, 2.24) is 0 Å². The van der Waals surface area contributed by atoms with E-state index in [0.29, 0.717) is 19.3 Å². The summed E-state index contributed by atoms with van der Waals surface area (Å²) >= 11 is 0. The van der Waals surface area contributed by atoms with Gasteiger partial charge in [0.15, 0.2) is 6.10 Å². The number of carbonyl (C=O) groups excluding carboxylic acids is 3. The van der Waals surface area contributed by atoms with E-state index in [4.69, 9.17) is 14.2 Å². The molecule has 0 saturated heterocycles. The van der Waals surface area contributed by atoms with Gasteiger partial charge in [0.1, 0.15) is 13.2 Å². The number of esters is 3. The van der Waals surface area contributed by atoms with Crippen LogP contribution >= 0.6 is 0 Å². The molecule has 6 heteroatoms. The molecule has 296 valence electrons. The Hall–Kier alpha value is -1.59. The van der Waals surface area contributed by atoms with Crippen molar-refractivity contribution in [3.05, 3.63) is 0 Å². The van der Waals surface area contributed by atoms with Crippen LogP contribution < -0.4 is 0 Å². The largest absolute Gasteiger partial charge is 0.462 e. The van der Waals surface area contributed by atoms with E-state index < -0.39 is 6.10 Å². The SMILES string of the molecule is CCCCCCCC(=O)OC[C@@H](COC(=O)CCCCCCCCCCCCCCCCC(C)C)OC(=O)CCCCCCCCC(C)CC. The summed E-state index contributed by atoms with van der Waals surface area (Å²) < 4.78 is 16.6. The van der Waals surface area contributed by atoms with Gasteiger partial charge in [0.25, 0.3) is 0 Å². The highest BCUT2D eigenvalue weighted by atomic mass is 16.6. The monoisotopic (exact) mass is 709 g/mol. The van der Waals surface area contributed by atoms with Gasteiger partial charge in [-0.25, -0.2) is 0 Å². The summed E-state index contributed by atoms with van der Waals surface area (Å²) in [5.41, 5.74) is 0. The summed E-state index contributed by atoms with van der Waals surface area (Å²) in [5.74, 6) is 0.778. The highest BCUT2D eigenvalue weighted by molar-refractivity contribution is 5.71. The van der Waals surface area contributed by atoms with Crippen molar-refractivity contribution < 1.29 is 28.6 Å². The fourth-order valence-corrected chi connectivity index (χ4v) is 6.37. The topological polar surface area (TPSA) is 78.9 Å². The summed E-state index contributed by atoms with van der Waals surface area (Å²) in [4.78, 5) is 37.4. The molecule has 0 aromatic heterocycles. The summed E-state index contributed by atoms with van der Waals surface area (Å²) in [6, 6.07) is 0. The molecule has 0 rings (SSSR count). The van der Waals surface area contributed by atoms with Crippen LogP contribution in [-0.2, 0) is 28.6 Å². The third kappa shape index (κ3) is 36.2. The van der Waals surface area contributed by atoms with Crippen molar-refractivity contribution in [2.24, 2.45) is 11.8 Å². The fraction of sp³-hybridized carbons (Fsp3) is 0.932. The molecule has 0 aliphatic heterocycles. The first-order valence-electron chi connectivity index (χ1n) is 21.8. The average Bonchev–Trinajstić information content (AvgIpc) is 3.09. The Kier molecular flexibility index (Phi) is 36.0. The van der Waals surface area contributed by atoms with Crippen molar-refractivity contribution in [3.63, 3.8) is 0 Å². The lowest BCUT2D eigenvalue weighted by atomic mass is 10.00. The summed E-state index contributed by atoms with van der Waals surface area (Å²) in [7, 11) is 0. The number of hydrogen-bond donors (Lipinski definition) is 0. The van der Waals surface area contributed by atoms with Gasteiger partial charge in [-0.15, -0.1) is 0 Å². The molecule has 50 heavy (non-hydrogen) atoms. The minimum Gasteiger partial charge on any atom is -0.462 e. The van der Waals surface area contributed by atoms with E-state index in [-0.39, 0.29) is 31.1 Å². The van der Waals surface area contributed by atoms with Crippen LogP contribution in [0.15, 0.2) is 0 Å². The molecule has 0 amide bonds. The molecule has 0 aromatic carbocycles. The first-order chi connectivity index (χ1) is 24.3. The normalized spacial score (nSPS) is 12.6. The molecule has 2 atom stereocenters. The van der Waals surface area contributed by atoms with Gasteiger partial charge in [-0.3, -0.25) is 14.4 Å². The van der Waals surface area contributed by atoms with E-state index >= 15 is 0 Å². The Morgan fingerprint density at radius 2 is 0.760 bits per heavy atom. The van der Waals surface area contributed by atoms with E-state index in [9.17, 15) is 14.4 Å². The minimum absolute atomic E-state index is 0.0668. The van der Waals surface area contributed by atoms with Crippen molar-refractivity contribution in [2.45, 2.75) is 240 Å². The molecule has 6 nitrogen and oxygen atoms in total. The number of ether oxygens (including phenoxy) is 3. The highest BCUT2D eigenvalue weighted by Crippen LogP contribution is 2.17. The van der Waals surface area contributed by atoms with Gasteiger partial charge < -0.3 is 14.2 Å². The first kappa shape index (κ1) is 48.4. The molecule has 0 aromatic rings. The van der Waals surface area contributed by atoms with E-state index in [1.54, 1.807) is 0 Å². The average molecular weight is 709 g/mol. The molecule has 0 spiro atoms. The van der Waals surface area contributed by atoms with Crippen LogP contribution in [0.2, 0.25) is 0 Å². The molecule has 0 fully saturated rings. The lowest BCUT2D eigenvalue weighted by molar-refractivity contribution is -0.167. The van der Waals surface area contributed by atoms with Crippen LogP contribution in [0.3, 0.4) is 0 Å². The minimum atomic E-state index is -0.759. The first-order valence-corrected chi connectivity index (χ1v) is 21.8. The van der Waals surface area contributed by atoms with E-state index in [1.807, 2.05) is 0 Å². The molecular weight excluding hydrogens is 624 g/mol. The van der Waals surface area contributed by atoms with Crippen molar-refractivity contribution >= 4 is 17.9 Å². The lowest BCUT2D eigenvalue weighted by Gasteiger charge is -2.18. The van der Waals surface area contributed by atoms with Gasteiger partial charge in [0.2, 0.25) is 0 Å². The Morgan fingerprint density at radius 3 is 1.14 bits per heavy atom. The third-order valence-corrected chi connectivity index (χ3v) is 10.1. The maximum absolute atomic E-state index is 12.6. The van der Waals surface area contributed by atoms with Crippen LogP contribution in [0.5, 0.6) is 0 Å². The van der Waals surface area contributed by atoms with E-state index in [2.05, 4.69) is 34.6 Å². The second kappa shape index (κ2) is 37.2. The lowest BCUT2D eigenvalue weighted by Crippen LogP contribution is -2.30. The zero-order valence-electron chi connectivity index (χ0n) is 34.0. The van der Waals surface area contributed by atoms with Gasteiger partial charge in [0.05, 0.1) is 0 Å². The molecule has 0 bridgehead atoms. The zero-order valence-corrected chi connectivity index (χ0v) is 34.0. The number of unbranched alkanes of at least 4 members (excludes halogenated alkanes) is 22. The fourth-order valence-electron chi connectivity index (χ4n) is 6.37. The smallest absolute Gasteiger partial charge is 0.306 e.